The van der Waals surface area contributed by atoms with E-state index in [4.69, 9.17) is 0 Å². The number of alkyl halides is 3. The zero-order valence-electron chi connectivity index (χ0n) is 20.6. The summed E-state index contributed by atoms with van der Waals surface area (Å²) < 4.78 is 69.7. The Kier molecular flexibility index (Phi) is 5.74. The van der Waals surface area contributed by atoms with Crippen LogP contribution < -0.4 is 5.32 Å². The fourth-order valence-corrected chi connectivity index (χ4v) is 6.18. The van der Waals surface area contributed by atoms with Crippen LogP contribution in [0, 0.1) is 5.92 Å². The molecule has 0 unspecified atom stereocenters. The Bertz CT molecular complexity index is 1830. The molecule has 1 atom stereocenters. The third-order valence-corrected chi connectivity index (χ3v) is 8.42. The van der Waals surface area contributed by atoms with E-state index in [1.807, 2.05) is 58.6 Å². The van der Waals surface area contributed by atoms with Crippen molar-refractivity contribution in [2.24, 2.45) is 13.0 Å². The number of imide groups is 1. The molecular weight excluding hydrogens is 535 g/mol. The molecule has 2 aromatic carbocycles. The first-order valence-electron chi connectivity index (χ1n) is 12.2. The third kappa shape index (κ3) is 3.97. The number of fused-ring (bicyclic) bond motifs is 4. The molecule has 39 heavy (non-hydrogen) atoms. The first kappa shape index (κ1) is 25.4. The molecule has 0 radical (unpaired) electrons. The summed E-state index contributed by atoms with van der Waals surface area (Å²) in [7, 11) is -3.89. The molecule has 8 nitrogen and oxygen atoms in total. The van der Waals surface area contributed by atoms with Crippen molar-refractivity contribution in [2.75, 3.05) is 6.61 Å². The van der Waals surface area contributed by atoms with Gasteiger partial charge in [0.2, 0.25) is 0 Å². The van der Waals surface area contributed by atoms with Gasteiger partial charge in [0.15, 0.2) is 0 Å². The normalized spacial score (nSPS) is 18.3. The molecule has 2 aliphatic rings. The number of aromatic nitrogens is 2. The Hall–Kier alpha value is -3.90. The zero-order valence-corrected chi connectivity index (χ0v) is 21.4. The second-order valence-electron chi connectivity index (χ2n) is 9.74. The SMILES string of the molecule is Cn1cc(C2=C(c3c4n(c5ccccc35)CC[C@@H](COS(=O)(=O)C(F)(F)F)C4)C(=O)NC2=O)c2ccccc21. The molecule has 2 amide bonds. The predicted molar refractivity (Wildman–Crippen MR) is 138 cm³/mol. The van der Waals surface area contributed by atoms with Gasteiger partial charge in [-0.1, -0.05) is 36.4 Å². The summed E-state index contributed by atoms with van der Waals surface area (Å²) in [6.07, 6.45) is 2.32. The lowest BCUT2D eigenvalue weighted by atomic mass is 9.89. The van der Waals surface area contributed by atoms with Crippen LogP contribution in [0.1, 0.15) is 23.2 Å². The third-order valence-electron chi connectivity index (χ3n) is 7.41. The summed E-state index contributed by atoms with van der Waals surface area (Å²) in [4.78, 5) is 26.6. The molecule has 4 heterocycles. The number of aryl methyl sites for hydroxylation is 2. The van der Waals surface area contributed by atoms with E-state index in [2.05, 4.69) is 9.50 Å². The first-order chi connectivity index (χ1) is 18.5. The van der Waals surface area contributed by atoms with Gasteiger partial charge < -0.3 is 9.13 Å². The average molecular weight is 558 g/mol. The Balaban J connectivity index is 1.52. The van der Waals surface area contributed by atoms with Crippen molar-refractivity contribution in [3.8, 4) is 0 Å². The number of amides is 2. The zero-order chi connectivity index (χ0) is 27.7. The Morgan fingerprint density at radius 3 is 2.33 bits per heavy atom. The van der Waals surface area contributed by atoms with Crippen molar-refractivity contribution < 1.29 is 35.4 Å². The van der Waals surface area contributed by atoms with Crippen LogP contribution in [-0.4, -0.2) is 41.5 Å². The number of nitrogens with zero attached hydrogens (tertiary/aromatic N) is 2. The Labute approximate surface area is 220 Å². The summed E-state index contributed by atoms with van der Waals surface area (Å²) in [5, 5.41) is 3.93. The Morgan fingerprint density at radius 1 is 0.974 bits per heavy atom. The highest BCUT2D eigenvalue weighted by Crippen LogP contribution is 2.43. The predicted octanol–water partition coefficient (Wildman–Crippen LogP) is 4.13. The van der Waals surface area contributed by atoms with Gasteiger partial charge in [-0.15, -0.1) is 0 Å². The van der Waals surface area contributed by atoms with Gasteiger partial charge in [-0.3, -0.25) is 19.1 Å². The van der Waals surface area contributed by atoms with E-state index in [1.165, 1.54) is 0 Å². The number of carbonyl (C=O) groups is 2. The topological polar surface area (TPSA) is 99.4 Å². The molecule has 0 spiro atoms. The van der Waals surface area contributed by atoms with E-state index < -0.39 is 40.0 Å². The van der Waals surface area contributed by atoms with Gasteiger partial charge in [-0.2, -0.15) is 21.6 Å². The van der Waals surface area contributed by atoms with Gasteiger partial charge in [-0.05, 0) is 30.9 Å². The smallest absolute Gasteiger partial charge is 0.350 e. The number of rotatable bonds is 5. The van der Waals surface area contributed by atoms with Crippen LogP contribution in [0.4, 0.5) is 13.2 Å². The number of hydrogen-bond donors (Lipinski definition) is 1. The highest BCUT2D eigenvalue weighted by molar-refractivity contribution is 7.87. The monoisotopic (exact) mass is 557 g/mol. The number of hydrogen-bond acceptors (Lipinski definition) is 5. The average Bonchev–Trinajstić information content (AvgIpc) is 3.49. The van der Waals surface area contributed by atoms with Gasteiger partial charge in [0, 0.05) is 58.4 Å². The maximum atomic E-state index is 13.4. The van der Waals surface area contributed by atoms with E-state index in [1.54, 1.807) is 12.3 Å². The van der Waals surface area contributed by atoms with Crippen LogP contribution in [0.3, 0.4) is 0 Å². The lowest BCUT2D eigenvalue weighted by Gasteiger charge is -2.26. The van der Waals surface area contributed by atoms with Crippen LogP contribution in [0.15, 0.2) is 54.7 Å². The van der Waals surface area contributed by atoms with Crippen molar-refractivity contribution in [1.82, 2.24) is 14.5 Å². The molecule has 2 aromatic heterocycles. The van der Waals surface area contributed by atoms with E-state index in [0.29, 0.717) is 29.8 Å². The minimum Gasteiger partial charge on any atom is -0.350 e. The van der Waals surface area contributed by atoms with Crippen LogP contribution in [-0.2, 0) is 43.9 Å². The number of benzene rings is 2. The second kappa shape index (κ2) is 8.82. The van der Waals surface area contributed by atoms with Gasteiger partial charge in [0.05, 0.1) is 17.8 Å². The molecule has 12 heteroatoms. The van der Waals surface area contributed by atoms with Crippen molar-refractivity contribution in [3.63, 3.8) is 0 Å². The molecule has 0 aliphatic carbocycles. The minimum atomic E-state index is -5.73. The molecule has 0 bridgehead atoms. The lowest BCUT2D eigenvalue weighted by Crippen LogP contribution is -2.30. The number of para-hydroxylation sites is 2. The number of halogens is 3. The summed E-state index contributed by atoms with van der Waals surface area (Å²) in [6.45, 7) is -0.272. The molecule has 2 aliphatic heterocycles. The van der Waals surface area contributed by atoms with Gasteiger partial charge in [-0.25, -0.2) is 0 Å². The molecular formula is C27H22F3N3O5S. The maximum Gasteiger partial charge on any atom is 0.523 e. The Morgan fingerprint density at radius 2 is 1.62 bits per heavy atom. The van der Waals surface area contributed by atoms with Gasteiger partial charge in [0.1, 0.15) is 0 Å². The molecule has 0 saturated heterocycles. The second-order valence-corrected chi connectivity index (χ2v) is 11.3. The summed E-state index contributed by atoms with van der Waals surface area (Å²) >= 11 is 0. The van der Waals surface area contributed by atoms with E-state index in [0.717, 1.165) is 21.8 Å². The molecule has 0 fully saturated rings. The fourth-order valence-electron chi connectivity index (χ4n) is 5.68. The van der Waals surface area contributed by atoms with Crippen LogP contribution in [0.25, 0.3) is 33.0 Å². The summed E-state index contributed by atoms with van der Waals surface area (Å²) in [5.41, 5.74) is -1.69. The largest absolute Gasteiger partial charge is 0.523 e. The molecule has 1 N–H and O–H groups in total. The van der Waals surface area contributed by atoms with Crippen molar-refractivity contribution in [3.05, 3.63) is 71.5 Å². The van der Waals surface area contributed by atoms with E-state index in [-0.39, 0.29) is 17.6 Å². The first-order valence-corrected chi connectivity index (χ1v) is 13.6. The van der Waals surface area contributed by atoms with Gasteiger partial charge >= 0.3 is 15.6 Å². The van der Waals surface area contributed by atoms with Crippen LogP contribution in [0.2, 0.25) is 0 Å². The summed E-state index contributed by atoms with van der Waals surface area (Å²) in [5.74, 6) is -1.66. The number of carbonyl (C=O) groups excluding carboxylic acids is 2. The van der Waals surface area contributed by atoms with E-state index >= 15 is 0 Å². The van der Waals surface area contributed by atoms with Crippen LogP contribution in [0.5, 0.6) is 0 Å². The lowest BCUT2D eigenvalue weighted by molar-refractivity contribution is -0.122. The highest BCUT2D eigenvalue weighted by Gasteiger charge is 2.48. The van der Waals surface area contributed by atoms with Crippen molar-refractivity contribution >= 4 is 54.9 Å². The standard InChI is InChI=1S/C27H22F3N3O5S/c1-32-13-18(16-6-2-4-8-19(16)32)23-24(26(35)31-25(23)34)22-17-7-3-5-9-20(17)33-11-10-15(12-21(22)33)14-38-39(36,37)27(28,29)30/h2-9,13,15H,10-12,14H2,1H3,(H,31,34,35)/t15-/m1/s1. The number of nitrogens with one attached hydrogen (secondary N) is 1. The maximum absolute atomic E-state index is 13.4. The highest BCUT2D eigenvalue weighted by atomic mass is 32.2. The van der Waals surface area contributed by atoms with E-state index in [9.17, 15) is 31.2 Å². The summed E-state index contributed by atoms with van der Waals surface area (Å²) in [6, 6.07) is 14.8. The molecule has 0 saturated carbocycles. The van der Waals surface area contributed by atoms with Crippen molar-refractivity contribution in [1.29, 1.82) is 0 Å². The van der Waals surface area contributed by atoms with Crippen molar-refractivity contribution in [2.45, 2.75) is 24.9 Å². The molecule has 6 rings (SSSR count). The molecule has 4 aromatic rings. The molecule has 202 valence electrons. The van der Waals surface area contributed by atoms with Crippen LogP contribution >= 0.6 is 0 Å². The fraction of sp³-hybridized carbons (Fsp3) is 0.259. The quantitative estimate of drug-likeness (QED) is 0.226. The minimum absolute atomic E-state index is 0.158. The van der Waals surface area contributed by atoms with Gasteiger partial charge in [0.25, 0.3) is 11.8 Å².